The molecule has 19 heavy (non-hydrogen) atoms. The fraction of sp³-hybridized carbons (Fsp3) is 1.00. The van der Waals surface area contributed by atoms with Crippen LogP contribution in [0.4, 0.5) is 0 Å². The highest BCUT2D eigenvalue weighted by Gasteiger charge is 2.05. The Bertz CT molecular complexity index is 162. The van der Waals surface area contributed by atoms with E-state index in [0.29, 0.717) is 0 Å². The molecule has 0 saturated carbocycles. The van der Waals surface area contributed by atoms with E-state index in [1.54, 1.807) is 0 Å². The molecule has 0 aromatic rings. The number of hydrogen-bond acceptors (Lipinski definition) is 3. The Morgan fingerprint density at radius 2 is 1.53 bits per heavy atom. The van der Waals surface area contributed by atoms with Crippen molar-refractivity contribution in [3.05, 3.63) is 0 Å². The van der Waals surface area contributed by atoms with Crippen LogP contribution in [0.15, 0.2) is 0 Å². The molecule has 0 bridgehead atoms. The third kappa shape index (κ3) is 14.1. The highest BCUT2D eigenvalue weighted by Crippen LogP contribution is 2.11. The summed E-state index contributed by atoms with van der Waals surface area (Å²) in [5.41, 5.74) is 5.45. The Kier molecular flexibility index (Phi) is 15.8. The van der Waals surface area contributed by atoms with Crippen LogP contribution in [0.25, 0.3) is 0 Å². The van der Waals surface area contributed by atoms with Crippen molar-refractivity contribution in [2.45, 2.75) is 77.7 Å². The third-order valence-corrected chi connectivity index (χ3v) is 3.60. The van der Waals surface area contributed by atoms with Crippen LogP contribution in [0.1, 0.15) is 71.6 Å². The van der Waals surface area contributed by atoms with Gasteiger partial charge in [0, 0.05) is 32.2 Å². The minimum Gasteiger partial charge on any atom is -0.329 e. The first-order chi connectivity index (χ1) is 9.35. The molecular weight excluding hydrogens is 234 g/mol. The number of hydrogen-bond donors (Lipinski definition) is 3. The predicted octanol–water partition coefficient (Wildman–Crippen LogP) is 3.04. The van der Waals surface area contributed by atoms with Crippen LogP contribution in [-0.2, 0) is 0 Å². The van der Waals surface area contributed by atoms with Crippen LogP contribution < -0.4 is 16.4 Å². The monoisotopic (exact) mass is 271 g/mol. The van der Waals surface area contributed by atoms with Gasteiger partial charge in [0.2, 0.25) is 0 Å². The first-order valence-corrected chi connectivity index (χ1v) is 8.49. The fourth-order valence-electron chi connectivity index (χ4n) is 2.46. The van der Waals surface area contributed by atoms with Gasteiger partial charge in [0.25, 0.3) is 0 Å². The first kappa shape index (κ1) is 18.9. The largest absolute Gasteiger partial charge is 0.329 e. The molecule has 1 atom stereocenters. The smallest absolute Gasteiger partial charge is 0.00793 e. The molecular formula is C16H37N3. The first-order valence-electron chi connectivity index (χ1n) is 8.49. The zero-order valence-electron chi connectivity index (χ0n) is 13.3. The molecule has 0 radical (unpaired) electrons. The van der Waals surface area contributed by atoms with Gasteiger partial charge in [-0.1, -0.05) is 58.8 Å². The van der Waals surface area contributed by atoms with E-state index in [0.717, 1.165) is 32.2 Å². The van der Waals surface area contributed by atoms with Crippen LogP contribution in [0.3, 0.4) is 0 Å². The Hall–Kier alpha value is -0.120. The standard InChI is InChI=1S/C16H37N3/c1-3-5-6-7-8-9-11-16(10-4-2)19-15-14-18-13-12-17/h16,18-19H,3-15,17H2,1-2H3. The molecule has 0 fully saturated rings. The van der Waals surface area contributed by atoms with E-state index in [4.69, 9.17) is 5.73 Å². The zero-order chi connectivity index (χ0) is 14.2. The van der Waals surface area contributed by atoms with Crippen molar-refractivity contribution in [2.75, 3.05) is 26.2 Å². The molecule has 3 nitrogen and oxygen atoms in total. The number of rotatable bonds is 15. The molecule has 0 saturated heterocycles. The van der Waals surface area contributed by atoms with E-state index in [1.807, 2.05) is 0 Å². The van der Waals surface area contributed by atoms with Gasteiger partial charge in [-0.05, 0) is 12.8 Å². The van der Waals surface area contributed by atoms with Crippen molar-refractivity contribution in [1.29, 1.82) is 0 Å². The summed E-state index contributed by atoms with van der Waals surface area (Å²) >= 11 is 0. The molecule has 0 aliphatic rings. The van der Waals surface area contributed by atoms with Gasteiger partial charge in [-0.3, -0.25) is 0 Å². The lowest BCUT2D eigenvalue weighted by atomic mass is 10.0. The van der Waals surface area contributed by atoms with E-state index in [2.05, 4.69) is 24.5 Å². The second-order valence-corrected chi connectivity index (χ2v) is 5.53. The fourth-order valence-corrected chi connectivity index (χ4v) is 2.46. The van der Waals surface area contributed by atoms with Crippen molar-refractivity contribution in [3.63, 3.8) is 0 Å². The van der Waals surface area contributed by atoms with E-state index in [9.17, 15) is 0 Å². The summed E-state index contributed by atoms with van der Waals surface area (Å²) < 4.78 is 0. The van der Waals surface area contributed by atoms with E-state index in [1.165, 1.54) is 57.8 Å². The van der Waals surface area contributed by atoms with Crippen molar-refractivity contribution in [3.8, 4) is 0 Å². The van der Waals surface area contributed by atoms with Gasteiger partial charge in [-0.2, -0.15) is 0 Å². The minimum atomic E-state index is 0.718. The van der Waals surface area contributed by atoms with Gasteiger partial charge in [-0.25, -0.2) is 0 Å². The maximum absolute atomic E-state index is 5.45. The maximum Gasteiger partial charge on any atom is 0.00793 e. The van der Waals surface area contributed by atoms with Gasteiger partial charge in [-0.15, -0.1) is 0 Å². The van der Waals surface area contributed by atoms with Gasteiger partial charge in [0.05, 0.1) is 0 Å². The third-order valence-electron chi connectivity index (χ3n) is 3.60. The average molecular weight is 271 g/mol. The number of unbranched alkanes of at least 4 members (excludes halogenated alkanes) is 5. The Morgan fingerprint density at radius 3 is 2.21 bits per heavy atom. The van der Waals surface area contributed by atoms with Crippen molar-refractivity contribution >= 4 is 0 Å². The lowest BCUT2D eigenvalue weighted by Gasteiger charge is -2.18. The summed E-state index contributed by atoms with van der Waals surface area (Å²) in [7, 11) is 0. The second-order valence-electron chi connectivity index (χ2n) is 5.53. The molecule has 0 rings (SSSR count). The highest BCUT2D eigenvalue weighted by atomic mass is 15.0. The van der Waals surface area contributed by atoms with Crippen molar-refractivity contribution < 1.29 is 0 Å². The topological polar surface area (TPSA) is 50.1 Å². The summed E-state index contributed by atoms with van der Waals surface area (Å²) in [5.74, 6) is 0. The van der Waals surface area contributed by atoms with Gasteiger partial charge in [0.1, 0.15) is 0 Å². The molecule has 0 spiro atoms. The van der Waals surface area contributed by atoms with E-state index < -0.39 is 0 Å². The van der Waals surface area contributed by atoms with E-state index in [-0.39, 0.29) is 0 Å². The molecule has 1 unspecified atom stereocenters. The Labute approximate surface area is 121 Å². The van der Waals surface area contributed by atoms with E-state index >= 15 is 0 Å². The molecule has 0 aliphatic carbocycles. The van der Waals surface area contributed by atoms with Crippen LogP contribution in [0.5, 0.6) is 0 Å². The van der Waals surface area contributed by atoms with Crippen LogP contribution >= 0.6 is 0 Å². The summed E-state index contributed by atoms with van der Waals surface area (Å²) in [4.78, 5) is 0. The summed E-state index contributed by atoms with van der Waals surface area (Å²) in [6, 6.07) is 0.718. The summed E-state index contributed by atoms with van der Waals surface area (Å²) in [5, 5.41) is 7.01. The van der Waals surface area contributed by atoms with Gasteiger partial charge >= 0.3 is 0 Å². The SMILES string of the molecule is CCCCCCCCC(CCC)NCCNCCN. The second kappa shape index (κ2) is 15.9. The summed E-state index contributed by atoms with van der Waals surface area (Å²) in [6.45, 7) is 8.32. The predicted molar refractivity (Wildman–Crippen MR) is 86.6 cm³/mol. The molecule has 0 amide bonds. The minimum absolute atomic E-state index is 0.718. The molecule has 3 heteroatoms. The molecule has 0 heterocycles. The highest BCUT2D eigenvalue weighted by molar-refractivity contribution is 4.67. The number of nitrogens with two attached hydrogens (primary N) is 1. The normalized spacial score (nSPS) is 12.8. The summed E-state index contributed by atoms with van der Waals surface area (Å²) in [6.07, 6.45) is 12.3. The average Bonchev–Trinajstić information content (AvgIpc) is 2.42. The Morgan fingerprint density at radius 1 is 0.789 bits per heavy atom. The number of nitrogens with one attached hydrogen (secondary N) is 2. The molecule has 0 aliphatic heterocycles. The molecule has 4 N–H and O–H groups in total. The molecule has 0 aromatic heterocycles. The van der Waals surface area contributed by atoms with Gasteiger partial charge < -0.3 is 16.4 Å². The van der Waals surface area contributed by atoms with Crippen LogP contribution in [-0.4, -0.2) is 32.2 Å². The van der Waals surface area contributed by atoms with Gasteiger partial charge in [0.15, 0.2) is 0 Å². The lowest BCUT2D eigenvalue weighted by molar-refractivity contribution is 0.424. The Balaban J connectivity index is 3.45. The zero-order valence-corrected chi connectivity index (χ0v) is 13.3. The quantitative estimate of drug-likeness (QED) is 0.401. The van der Waals surface area contributed by atoms with Crippen molar-refractivity contribution in [1.82, 2.24) is 10.6 Å². The van der Waals surface area contributed by atoms with Crippen molar-refractivity contribution in [2.24, 2.45) is 5.73 Å². The maximum atomic E-state index is 5.45. The van der Waals surface area contributed by atoms with Crippen LogP contribution in [0.2, 0.25) is 0 Å². The lowest BCUT2D eigenvalue weighted by Crippen LogP contribution is -2.36. The molecule has 116 valence electrons. The molecule has 0 aromatic carbocycles. The van der Waals surface area contributed by atoms with Crippen LogP contribution in [0, 0.1) is 0 Å².